The van der Waals surface area contributed by atoms with E-state index in [4.69, 9.17) is 4.74 Å². The van der Waals surface area contributed by atoms with Gasteiger partial charge in [-0.1, -0.05) is 6.07 Å². The molecule has 1 aromatic carbocycles. The quantitative estimate of drug-likeness (QED) is 0.561. The molecule has 1 amide bonds. The van der Waals surface area contributed by atoms with Crippen LogP contribution in [-0.2, 0) is 11.3 Å². The summed E-state index contributed by atoms with van der Waals surface area (Å²) in [7, 11) is 1.43. The molecule has 0 aliphatic carbocycles. The number of methoxy groups -OCH3 is 1. The number of amides is 1. The maximum absolute atomic E-state index is 12.3. The lowest BCUT2D eigenvalue weighted by Gasteiger charge is -2.16. The Hall–Kier alpha value is -2.45. The van der Waals surface area contributed by atoms with Gasteiger partial charge in [-0.25, -0.2) is 0 Å². The molecule has 0 spiro atoms. The number of carbonyl (C=O) groups excluding carboxylic acids is 1. The minimum absolute atomic E-state index is 0.178. The van der Waals surface area contributed by atoms with Gasteiger partial charge in [-0.05, 0) is 30.5 Å². The summed E-state index contributed by atoms with van der Waals surface area (Å²) in [5.74, 6) is 0.120. The molecule has 1 atom stereocenters. The molecule has 0 fully saturated rings. The van der Waals surface area contributed by atoms with Crippen LogP contribution in [0.3, 0.4) is 0 Å². The molecule has 1 unspecified atom stereocenters. The first-order valence-electron chi connectivity index (χ1n) is 7.51. The average Bonchev–Trinajstić information content (AvgIpc) is 3.07. The molecule has 0 aliphatic rings. The summed E-state index contributed by atoms with van der Waals surface area (Å²) in [6.45, 7) is 3.80. The number of nitro groups is 1. The van der Waals surface area contributed by atoms with Gasteiger partial charge >= 0.3 is 0 Å². The first kappa shape index (κ1) is 17.9. The molecule has 7 nitrogen and oxygen atoms in total. The fourth-order valence-electron chi connectivity index (χ4n) is 2.29. The predicted molar refractivity (Wildman–Crippen MR) is 92.7 cm³/mol. The number of quaternary nitrogens is 1. The van der Waals surface area contributed by atoms with Crippen molar-refractivity contribution in [3.63, 3.8) is 0 Å². The van der Waals surface area contributed by atoms with Gasteiger partial charge in [-0.3, -0.25) is 14.9 Å². The van der Waals surface area contributed by atoms with E-state index < -0.39 is 4.92 Å². The van der Waals surface area contributed by atoms with Crippen LogP contribution >= 0.6 is 11.3 Å². The van der Waals surface area contributed by atoms with Crippen molar-refractivity contribution in [1.82, 2.24) is 0 Å². The SMILES string of the molecule is CC[NH+](CC(=O)Nc1ccc(OC)cc1[N+](=O)[O-])Cc1cccs1. The maximum atomic E-state index is 12.3. The number of hydrogen-bond acceptors (Lipinski definition) is 5. The van der Waals surface area contributed by atoms with Gasteiger partial charge in [0.25, 0.3) is 11.6 Å². The molecular formula is C16H20N3O4S+. The van der Waals surface area contributed by atoms with Gasteiger partial charge in [0.15, 0.2) is 6.54 Å². The van der Waals surface area contributed by atoms with Crippen LogP contribution in [0.25, 0.3) is 0 Å². The van der Waals surface area contributed by atoms with Crippen LogP contribution in [0.15, 0.2) is 35.7 Å². The van der Waals surface area contributed by atoms with Crippen LogP contribution in [0, 0.1) is 10.1 Å². The second-order valence-electron chi connectivity index (χ2n) is 5.22. The first-order valence-corrected chi connectivity index (χ1v) is 8.39. The minimum Gasteiger partial charge on any atom is -0.496 e. The number of ether oxygens (including phenoxy) is 1. The van der Waals surface area contributed by atoms with Crippen LogP contribution in [-0.4, -0.2) is 31.0 Å². The highest BCUT2D eigenvalue weighted by atomic mass is 32.1. The molecular weight excluding hydrogens is 330 g/mol. The normalized spacial score (nSPS) is 11.8. The van der Waals surface area contributed by atoms with E-state index in [1.807, 2.05) is 24.4 Å². The van der Waals surface area contributed by atoms with E-state index >= 15 is 0 Å². The molecule has 2 rings (SSSR count). The topological polar surface area (TPSA) is 85.9 Å². The van der Waals surface area contributed by atoms with Gasteiger partial charge < -0.3 is 15.0 Å². The summed E-state index contributed by atoms with van der Waals surface area (Å²) in [5.41, 5.74) is -0.00335. The number of benzene rings is 1. The number of anilines is 1. The largest absolute Gasteiger partial charge is 0.496 e. The van der Waals surface area contributed by atoms with Crippen molar-refractivity contribution in [3.05, 3.63) is 50.7 Å². The monoisotopic (exact) mass is 350 g/mol. The Kier molecular flexibility index (Phi) is 6.28. The average molecular weight is 350 g/mol. The van der Waals surface area contributed by atoms with E-state index in [1.165, 1.54) is 24.1 Å². The maximum Gasteiger partial charge on any atom is 0.296 e. The van der Waals surface area contributed by atoms with Crippen molar-refractivity contribution in [2.24, 2.45) is 0 Å². The molecule has 0 radical (unpaired) electrons. The Balaban J connectivity index is 2.04. The molecule has 0 saturated carbocycles. The molecule has 0 saturated heterocycles. The molecule has 1 aromatic heterocycles. The molecule has 24 heavy (non-hydrogen) atoms. The Labute approximate surface area is 144 Å². The van der Waals surface area contributed by atoms with Crippen molar-refractivity contribution in [3.8, 4) is 5.75 Å². The van der Waals surface area contributed by atoms with Crippen molar-refractivity contribution in [2.75, 3.05) is 25.5 Å². The van der Waals surface area contributed by atoms with E-state index in [0.29, 0.717) is 5.75 Å². The molecule has 2 aromatic rings. The number of nitrogens with zero attached hydrogens (tertiary/aromatic N) is 1. The lowest BCUT2D eigenvalue weighted by Crippen LogP contribution is -3.11. The van der Waals surface area contributed by atoms with Crippen molar-refractivity contribution >= 4 is 28.6 Å². The second kappa shape index (κ2) is 8.42. The number of nitrogens with one attached hydrogen (secondary N) is 2. The summed E-state index contributed by atoms with van der Waals surface area (Å²) in [5, 5.41) is 15.8. The number of hydrogen-bond donors (Lipinski definition) is 2. The van der Waals surface area contributed by atoms with E-state index in [1.54, 1.807) is 17.4 Å². The second-order valence-corrected chi connectivity index (χ2v) is 6.26. The summed E-state index contributed by atoms with van der Waals surface area (Å²) >= 11 is 1.65. The van der Waals surface area contributed by atoms with Crippen LogP contribution < -0.4 is 15.0 Å². The lowest BCUT2D eigenvalue weighted by molar-refractivity contribution is -0.903. The zero-order valence-corrected chi connectivity index (χ0v) is 14.4. The third-order valence-corrected chi connectivity index (χ3v) is 4.47. The number of likely N-dealkylation sites (N-methyl/N-ethyl adjacent to an activating group) is 1. The Morgan fingerprint density at radius 1 is 1.42 bits per heavy atom. The smallest absolute Gasteiger partial charge is 0.296 e. The van der Waals surface area contributed by atoms with Crippen LogP contribution in [0.4, 0.5) is 11.4 Å². The summed E-state index contributed by atoms with van der Waals surface area (Å²) < 4.78 is 4.99. The van der Waals surface area contributed by atoms with E-state index in [0.717, 1.165) is 18.0 Å². The van der Waals surface area contributed by atoms with Crippen molar-refractivity contribution in [1.29, 1.82) is 0 Å². The van der Waals surface area contributed by atoms with Gasteiger partial charge in [-0.15, -0.1) is 11.3 Å². The highest BCUT2D eigenvalue weighted by molar-refractivity contribution is 7.09. The van der Waals surface area contributed by atoms with E-state index in [9.17, 15) is 14.9 Å². The van der Waals surface area contributed by atoms with E-state index in [2.05, 4.69) is 5.32 Å². The molecule has 1 heterocycles. The van der Waals surface area contributed by atoms with Gasteiger partial charge in [0.2, 0.25) is 0 Å². The lowest BCUT2D eigenvalue weighted by atomic mass is 10.2. The molecule has 0 bridgehead atoms. The summed E-state index contributed by atoms with van der Waals surface area (Å²) in [6, 6.07) is 8.38. The minimum atomic E-state index is -0.534. The molecule has 8 heteroatoms. The number of thiophene rings is 1. The van der Waals surface area contributed by atoms with Crippen LogP contribution in [0.2, 0.25) is 0 Å². The van der Waals surface area contributed by atoms with Crippen LogP contribution in [0.1, 0.15) is 11.8 Å². The zero-order chi connectivity index (χ0) is 17.5. The van der Waals surface area contributed by atoms with E-state index in [-0.39, 0.29) is 23.8 Å². The van der Waals surface area contributed by atoms with Crippen molar-refractivity contribution < 1.29 is 19.4 Å². The van der Waals surface area contributed by atoms with Gasteiger partial charge in [0, 0.05) is 0 Å². The predicted octanol–water partition coefficient (Wildman–Crippen LogP) is 1.71. The summed E-state index contributed by atoms with van der Waals surface area (Å²) in [6.07, 6.45) is 0. The fourth-order valence-corrected chi connectivity index (χ4v) is 3.07. The highest BCUT2D eigenvalue weighted by Crippen LogP contribution is 2.28. The molecule has 2 N–H and O–H groups in total. The van der Waals surface area contributed by atoms with Crippen LogP contribution in [0.5, 0.6) is 5.75 Å². The third kappa shape index (κ3) is 4.77. The highest BCUT2D eigenvalue weighted by Gasteiger charge is 2.20. The Bertz CT molecular complexity index is 703. The first-order chi connectivity index (χ1) is 11.5. The summed E-state index contributed by atoms with van der Waals surface area (Å²) in [4.78, 5) is 25.2. The zero-order valence-electron chi connectivity index (χ0n) is 13.6. The standard InChI is InChI=1S/C16H19N3O4S/c1-3-18(10-13-5-4-8-24-13)11-16(20)17-14-7-6-12(23-2)9-15(14)19(21)22/h4-9H,3,10-11H2,1-2H3,(H,17,20)/p+1. The number of carbonyl (C=O) groups is 1. The molecule has 0 aliphatic heterocycles. The fraction of sp³-hybridized carbons (Fsp3) is 0.312. The van der Waals surface area contributed by atoms with Crippen molar-refractivity contribution in [2.45, 2.75) is 13.5 Å². The third-order valence-electron chi connectivity index (χ3n) is 3.59. The Morgan fingerprint density at radius 3 is 2.79 bits per heavy atom. The number of rotatable bonds is 8. The Morgan fingerprint density at radius 2 is 2.21 bits per heavy atom. The van der Waals surface area contributed by atoms with Gasteiger partial charge in [-0.2, -0.15) is 0 Å². The van der Waals surface area contributed by atoms with Gasteiger partial charge in [0.1, 0.15) is 18.0 Å². The number of nitro benzene ring substituents is 1. The molecule has 128 valence electrons. The van der Waals surface area contributed by atoms with Gasteiger partial charge in [0.05, 0.1) is 29.5 Å².